The van der Waals surface area contributed by atoms with Crippen LogP contribution in [0.1, 0.15) is 0 Å². The van der Waals surface area contributed by atoms with Gasteiger partial charge >= 0.3 is 5.69 Å². The molecule has 0 amide bonds. The highest BCUT2D eigenvalue weighted by Gasteiger charge is 2.22. The Morgan fingerprint density at radius 1 is 1.25 bits per heavy atom. The second-order valence-corrected chi connectivity index (χ2v) is 4.69. The highest BCUT2D eigenvalue weighted by atomic mass is 79.9. The van der Waals surface area contributed by atoms with Crippen LogP contribution in [0.5, 0.6) is 17.2 Å². The molecule has 5 nitrogen and oxygen atoms in total. The van der Waals surface area contributed by atoms with Gasteiger partial charge in [-0.05, 0) is 24.3 Å². The van der Waals surface area contributed by atoms with E-state index >= 15 is 0 Å². The van der Waals surface area contributed by atoms with Crippen molar-refractivity contribution in [1.29, 1.82) is 0 Å². The molecule has 2 aromatic carbocycles. The molecule has 104 valence electrons. The van der Waals surface area contributed by atoms with Crippen LogP contribution in [0.3, 0.4) is 0 Å². The summed E-state index contributed by atoms with van der Waals surface area (Å²) in [4.78, 5) is 10.5. The Hall–Kier alpha value is -2.15. The molecule has 0 fully saturated rings. The molecule has 0 aliphatic heterocycles. The molecule has 0 aromatic heterocycles. The molecule has 0 aliphatic rings. The third-order valence-electron chi connectivity index (χ3n) is 2.43. The molecule has 0 aliphatic carbocycles. The summed E-state index contributed by atoms with van der Waals surface area (Å²) in [6.07, 6.45) is 0. The highest BCUT2D eigenvalue weighted by molar-refractivity contribution is 9.10. The van der Waals surface area contributed by atoms with Gasteiger partial charge < -0.3 is 9.47 Å². The average Bonchev–Trinajstić information content (AvgIpc) is 2.36. The molecular formula is C13H9BrFNO4. The molecule has 2 rings (SSSR count). The number of benzene rings is 2. The maximum atomic E-state index is 13.3. The number of methoxy groups -OCH3 is 1. The first kappa shape index (κ1) is 14.3. The zero-order valence-corrected chi connectivity index (χ0v) is 11.9. The van der Waals surface area contributed by atoms with E-state index < -0.39 is 10.7 Å². The second kappa shape index (κ2) is 5.87. The normalized spacial score (nSPS) is 10.2. The van der Waals surface area contributed by atoms with Crippen LogP contribution in [-0.2, 0) is 0 Å². The molecule has 2 aromatic rings. The number of ether oxygens (including phenoxy) is 2. The molecule has 0 N–H and O–H groups in total. The van der Waals surface area contributed by atoms with Crippen LogP contribution in [0.25, 0.3) is 0 Å². The van der Waals surface area contributed by atoms with Gasteiger partial charge in [-0.3, -0.25) is 10.1 Å². The number of halogens is 2. The molecule has 0 radical (unpaired) electrons. The van der Waals surface area contributed by atoms with Crippen LogP contribution in [0.2, 0.25) is 0 Å². The van der Waals surface area contributed by atoms with E-state index in [1.165, 1.54) is 31.4 Å². The summed E-state index contributed by atoms with van der Waals surface area (Å²) in [6.45, 7) is 0. The molecule has 0 heterocycles. The predicted molar refractivity (Wildman–Crippen MR) is 73.8 cm³/mol. The van der Waals surface area contributed by atoms with Gasteiger partial charge in [0.15, 0.2) is 0 Å². The van der Waals surface area contributed by atoms with Crippen molar-refractivity contribution in [2.24, 2.45) is 0 Å². The van der Waals surface area contributed by atoms with Crippen molar-refractivity contribution in [2.75, 3.05) is 7.11 Å². The fraction of sp³-hybridized carbons (Fsp3) is 0.0769. The van der Waals surface area contributed by atoms with Gasteiger partial charge in [0.25, 0.3) is 0 Å². The van der Waals surface area contributed by atoms with E-state index in [-0.39, 0.29) is 22.9 Å². The second-order valence-electron chi connectivity index (χ2n) is 3.77. The summed E-state index contributed by atoms with van der Waals surface area (Å²) in [7, 11) is 1.32. The lowest BCUT2D eigenvalue weighted by molar-refractivity contribution is -0.386. The van der Waals surface area contributed by atoms with E-state index in [1.54, 1.807) is 6.07 Å². The third kappa shape index (κ3) is 3.05. The van der Waals surface area contributed by atoms with E-state index in [1.807, 2.05) is 0 Å². The van der Waals surface area contributed by atoms with Gasteiger partial charge in [-0.25, -0.2) is 4.39 Å². The van der Waals surface area contributed by atoms with Crippen LogP contribution in [0.4, 0.5) is 10.1 Å². The topological polar surface area (TPSA) is 61.6 Å². The Morgan fingerprint density at radius 3 is 2.55 bits per heavy atom. The Balaban J connectivity index is 2.45. The maximum absolute atomic E-state index is 13.3. The molecule has 0 atom stereocenters. The number of hydrogen-bond donors (Lipinski definition) is 0. The first-order valence-corrected chi connectivity index (χ1v) is 6.26. The SMILES string of the molecule is COc1cccc(Oc2cc(F)cc(Br)c2)c1[N+](=O)[O-]. The number of hydrogen-bond acceptors (Lipinski definition) is 4. The minimum Gasteiger partial charge on any atom is -0.490 e. The monoisotopic (exact) mass is 341 g/mol. The summed E-state index contributed by atoms with van der Waals surface area (Å²) in [5.74, 6) is -0.317. The zero-order valence-electron chi connectivity index (χ0n) is 10.3. The molecule has 0 saturated carbocycles. The molecule has 0 saturated heterocycles. The quantitative estimate of drug-likeness (QED) is 0.614. The third-order valence-corrected chi connectivity index (χ3v) is 2.89. The van der Waals surface area contributed by atoms with Crippen molar-refractivity contribution in [1.82, 2.24) is 0 Å². The standard InChI is InChI=1S/C13H9BrFNO4/c1-19-11-3-2-4-12(13(11)16(17)18)20-10-6-8(14)5-9(15)7-10/h2-7H,1H3. The van der Waals surface area contributed by atoms with Crippen molar-refractivity contribution in [3.8, 4) is 17.2 Å². The van der Waals surface area contributed by atoms with Gasteiger partial charge in [0, 0.05) is 10.5 Å². The molecule has 20 heavy (non-hydrogen) atoms. The minimum absolute atomic E-state index is 0.0214. The molecular weight excluding hydrogens is 333 g/mol. The summed E-state index contributed by atoms with van der Waals surface area (Å²) < 4.78 is 24.0. The summed E-state index contributed by atoms with van der Waals surface area (Å²) in [6, 6.07) is 8.31. The van der Waals surface area contributed by atoms with E-state index in [9.17, 15) is 14.5 Å². The molecule has 0 unspecified atom stereocenters. The van der Waals surface area contributed by atoms with Crippen LogP contribution < -0.4 is 9.47 Å². The highest BCUT2D eigenvalue weighted by Crippen LogP contribution is 2.39. The lowest BCUT2D eigenvalue weighted by Crippen LogP contribution is -1.97. The Labute approximate surface area is 122 Å². The first-order chi connectivity index (χ1) is 9.51. The lowest BCUT2D eigenvalue weighted by Gasteiger charge is -2.09. The van der Waals surface area contributed by atoms with Gasteiger partial charge in [-0.1, -0.05) is 22.0 Å². The number of para-hydroxylation sites is 1. The van der Waals surface area contributed by atoms with Gasteiger partial charge in [0.2, 0.25) is 11.5 Å². The van der Waals surface area contributed by atoms with Crippen LogP contribution in [-0.4, -0.2) is 12.0 Å². The Bertz CT molecular complexity index is 643. The molecule has 0 bridgehead atoms. The smallest absolute Gasteiger partial charge is 0.352 e. The van der Waals surface area contributed by atoms with Crippen molar-refractivity contribution >= 4 is 21.6 Å². The van der Waals surface area contributed by atoms with Crippen molar-refractivity contribution in [3.05, 3.63) is 56.8 Å². The summed E-state index contributed by atoms with van der Waals surface area (Å²) in [5, 5.41) is 11.1. The Morgan fingerprint density at radius 2 is 1.95 bits per heavy atom. The fourth-order valence-corrected chi connectivity index (χ4v) is 2.09. The largest absolute Gasteiger partial charge is 0.490 e. The number of rotatable bonds is 4. The van der Waals surface area contributed by atoms with E-state index in [4.69, 9.17) is 9.47 Å². The zero-order chi connectivity index (χ0) is 14.7. The predicted octanol–water partition coefficient (Wildman–Crippen LogP) is 4.30. The van der Waals surface area contributed by atoms with Gasteiger partial charge in [-0.2, -0.15) is 0 Å². The van der Waals surface area contributed by atoms with E-state index in [0.29, 0.717) is 4.47 Å². The minimum atomic E-state index is -0.609. The first-order valence-electron chi connectivity index (χ1n) is 5.46. The van der Waals surface area contributed by atoms with Gasteiger partial charge in [-0.15, -0.1) is 0 Å². The van der Waals surface area contributed by atoms with Crippen LogP contribution in [0.15, 0.2) is 40.9 Å². The maximum Gasteiger partial charge on any atom is 0.352 e. The van der Waals surface area contributed by atoms with E-state index in [0.717, 1.165) is 6.07 Å². The number of nitrogens with zero attached hydrogens (tertiary/aromatic N) is 1. The molecule has 0 spiro atoms. The van der Waals surface area contributed by atoms with E-state index in [2.05, 4.69) is 15.9 Å². The van der Waals surface area contributed by atoms with Crippen molar-refractivity contribution in [3.63, 3.8) is 0 Å². The number of nitro benzene ring substituents is 1. The van der Waals surface area contributed by atoms with Crippen molar-refractivity contribution < 1.29 is 18.8 Å². The van der Waals surface area contributed by atoms with Crippen LogP contribution >= 0.6 is 15.9 Å². The lowest BCUT2D eigenvalue weighted by atomic mass is 10.2. The van der Waals surface area contributed by atoms with Crippen LogP contribution in [0, 0.1) is 15.9 Å². The average molecular weight is 342 g/mol. The van der Waals surface area contributed by atoms with Crippen molar-refractivity contribution in [2.45, 2.75) is 0 Å². The number of nitro groups is 1. The summed E-state index contributed by atoms with van der Waals surface area (Å²) in [5.41, 5.74) is -0.310. The summed E-state index contributed by atoms with van der Waals surface area (Å²) >= 11 is 3.12. The molecule has 7 heteroatoms. The Kier molecular flexibility index (Phi) is 4.19. The fourth-order valence-electron chi connectivity index (χ4n) is 1.64. The van der Waals surface area contributed by atoms with Gasteiger partial charge in [0.1, 0.15) is 11.6 Å². The van der Waals surface area contributed by atoms with Gasteiger partial charge in [0.05, 0.1) is 12.0 Å².